The number of halogens is 2. The number of aromatic nitrogens is 1. The van der Waals surface area contributed by atoms with Crippen molar-refractivity contribution < 1.29 is 14.3 Å². The maximum Gasteiger partial charge on any atom is 0.319 e. The molecule has 0 unspecified atom stereocenters. The molecule has 7 nitrogen and oxygen atoms in total. The van der Waals surface area contributed by atoms with E-state index in [1.54, 1.807) is 30.5 Å². The second-order valence-electron chi connectivity index (χ2n) is 4.79. The molecule has 1 aromatic heterocycles. The van der Waals surface area contributed by atoms with E-state index in [4.69, 9.17) is 16.3 Å². The van der Waals surface area contributed by atoms with Crippen LogP contribution in [0.5, 0.6) is 5.75 Å². The van der Waals surface area contributed by atoms with Crippen LogP contribution < -0.4 is 20.7 Å². The molecule has 0 fully saturated rings. The Balaban J connectivity index is 1.93. The zero-order valence-corrected chi connectivity index (χ0v) is 15.6. The molecular formula is C16H16BrClN4O3. The zero-order chi connectivity index (χ0) is 18.2. The molecule has 0 bridgehead atoms. The number of carbonyl (C=O) groups excluding carboxylic acids is 2. The lowest BCUT2D eigenvalue weighted by Crippen LogP contribution is -2.35. The van der Waals surface area contributed by atoms with Crippen LogP contribution in [0.15, 0.2) is 41.1 Å². The van der Waals surface area contributed by atoms with Gasteiger partial charge in [-0.05, 0) is 47.1 Å². The van der Waals surface area contributed by atoms with Gasteiger partial charge in [0.25, 0.3) is 0 Å². The monoisotopic (exact) mass is 426 g/mol. The average Bonchev–Trinajstić information content (AvgIpc) is 2.57. The molecule has 1 heterocycles. The third-order valence-corrected chi connectivity index (χ3v) is 3.71. The molecule has 9 heteroatoms. The highest BCUT2D eigenvalue weighted by Gasteiger charge is 2.13. The Morgan fingerprint density at radius 2 is 2.12 bits per heavy atom. The molecule has 3 N–H and O–H groups in total. The number of benzene rings is 1. The summed E-state index contributed by atoms with van der Waals surface area (Å²) in [4.78, 5) is 27.7. The fourth-order valence-corrected chi connectivity index (χ4v) is 2.84. The summed E-state index contributed by atoms with van der Waals surface area (Å²) in [6.45, 7) is 2.05. The van der Waals surface area contributed by atoms with E-state index in [-0.39, 0.29) is 12.5 Å². The van der Waals surface area contributed by atoms with Crippen LogP contribution in [0.3, 0.4) is 0 Å². The van der Waals surface area contributed by atoms with Gasteiger partial charge in [0.1, 0.15) is 0 Å². The Labute approximate surface area is 158 Å². The van der Waals surface area contributed by atoms with Crippen molar-refractivity contribution in [3.63, 3.8) is 0 Å². The maximum atomic E-state index is 12.0. The van der Waals surface area contributed by atoms with Gasteiger partial charge in [-0.2, -0.15) is 0 Å². The molecule has 132 valence electrons. The molecule has 0 aliphatic rings. The van der Waals surface area contributed by atoms with E-state index in [1.807, 2.05) is 6.92 Å². The van der Waals surface area contributed by atoms with Crippen LogP contribution in [-0.4, -0.2) is 30.1 Å². The minimum absolute atomic E-state index is 0.202. The molecule has 0 saturated heterocycles. The molecule has 0 aliphatic carbocycles. The average molecular weight is 428 g/mol. The summed E-state index contributed by atoms with van der Waals surface area (Å²) in [6, 6.07) is 6.06. The topological polar surface area (TPSA) is 92.4 Å². The number of anilines is 2. The summed E-state index contributed by atoms with van der Waals surface area (Å²) in [5.74, 6) is 0.0855. The highest BCUT2D eigenvalue weighted by atomic mass is 79.9. The van der Waals surface area contributed by atoms with Gasteiger partial charge in [-0.1, -0.05) is 11.6 Å². The number of urea groups is 1. The number of hydrogen-bond acceptors (Lipinski definition) is 4. The van der Waals surface area contributed by atoms with Crippen LogP contribution in [-0.2, 0) is 4.79 Å². The molecule has 0 spiro atoms. The Morgan fingerprint density at radius 3 is 2.80 bits per heavy atom. The van der Waals surface area contributed by atoms with Gasteiger partial charge < -0.3 is 20.7 Å². The highest BCUT2D eigenvalue weighted by molar-refractivity contribution is 9.10. The standard InChI is InChI=1S/C16H16BrClN4O3/c1-2-25-15-12(17)6-10(18)7-13(15)22-16(24)20-9-14(23)21-11-4-3-5-19-8-11/h3-8H,2,9H2,1H3,(H,21,23)(H2,20,22,24). The van der Waals surface area contributed by atoms with Crippen molar-refractivity contribution in [2.45, 2.75) is 6.92 Å². The summed E-state index contributed by atoms with van der Waals surface area (Å²) < 4.78 is 6.11. The first kappa shape index (κ1) is 19.0. The van der Waals surface area contributed by atoms with Gasteiger partial charge in [0.05, 0.1) is 35.2 Å². The quantitative estimate of drug-likeness (QED) is 0.656. The first-order valence-electron chi connectivity index (χ1n) is 7.36. The Hall–Kier alpha value is -2.32. The van der Waals surface area contributed by atoms with Gasteiger partial charge in [0.15, 0.2) is 5.75 Å². The van der Waals surface area contributed by atoms with E-state index in [9.17, 15) is 9.59 Å². The molecule has 1 aromatic carbocycles. The van der Waals surface area contributed by atoms with Crippen LogP contribution in [0.2, 0.25) is 5.02 Å². The van der Waals surface area contributed by atoms with Gasteiger partial charge in [-0.15, -0.1) is 0 Å². The number of rotatable bonds is 6. The second-order valence-corrected chi connectivity index (χ2v) is 6.09. The Bertz CT molecular complexity index is 759. The zero-order valence-electron chi connectivity index (χ0n) is 13.3. The van der Waals surface area contributed by atoms with Crippen molar-refractivity contribution in [2.75, 3.05) is 23.8 Å². The summed E-state index contributed by atoms with van der Waals surface area (Å²) in [5, 5.41) is 8.12. The summed E-state index contributed by atoms with van der Waals surface area (Å²) in [7, 11) is 0. The van der Waals surface area contributed by atoms with Gasteiger partial charge in [0.2, 0.25) is 5.91 Å². The van der Waals surface area contributed by atoms with Crippen LogP contribution in [0, 0.1) is 0 Å². The van der Waals surface area contributed by atoms with Gasteiger partial charge in [-0.3, -0.25) is 9.78 Å². The lowest BCUT2D eigenvalue weighted by molar-refractivity contribution is -0.115. The third-order valence-electron chi connectivity index (χ3n) is 2.90. The number of hydrogen-bond donors (Lipinski definition) is 3. The molecule has 25 heavy (non-hydrogen) atoms. The Morgan fingerprint density at radius 1 is 1.32 bits per heavy atom. The molecule has 2 aromatic rings. The lowest BCUT2D eigenvalue weighted by atomic mass is 10.3. The second kappa shape index (κ2) is 9.24. The fraction of sp³-hybridized carbons (Fsp3) is 0.188. The van der Waals surface area contributed by atoms with Gasteiger partial charge in [-0.25, -0.2) is 4.79 Å². The van der Waals surface area contributed by atoms with Crippen molar-refractivity contribution in [3.8, 4) is 5.75 Å². The van der Waals surface area contributed by atoms with Crippen molar-refractivity contribution in [1.82, 2.24) is 10.3 Å². The predicted molar refractivity (Wildman–Crippen MR) is 100 cm³/mol. The van der Waals surface area contributed by atoms with Crippen molar-refractivity contribution in [3.05, 3.63) is 46.2 Å². The number of ether oxygens (including phenoxy) is 1. The third kappa shape index (κ3) is 5.91. The Kier molecular flexibility index (Phi) is 7.03. The van der Waals surface area contributed by atoms with Crippen LogP contribution in [0.1, 0.15) is 6.92 Å². The molecular weight excluding hydrogens is 412 g/mol. The van der Waals surface area contributed by atoms with E-state index in [0.29, 0.717) is 33.2 Å². The van der Waals surface area contributed by atoms with E-state index >= 15 is 0 Å². The molecule has 0 radical (unpaired) electrons. The highest BCUT2D eigenvalue weighted by Crippen LogP contribution is 2.36. The van der Waals surface area contributed by atoms with E-state index in [0.717, 1.165) is 0 Å². The number of carbonyl (C=O) groups is 2. The van der Waals surface area contributed by atoms with Crippen molar-refractivity contribution in [2.24, 2.45) is 0 Å². The first-order valence-corrected chi connectivity index (χ1v) is 8.53. The molecule has 3 amide bonds. The minimum atomic E-state index is -0.559. The van der Waals surface area contributed by atoms with E-state index in [1.165, 1.54) is 6.20 Å². The number of amides is 3. The molecule has 0 atom stereocenters. The van der Waals surface area contributed by atoms with E-state index in [2.05, 4.69) is 36.9 Å². The van der Waals surface area contributed by atoms with Crippen LogP contribution in [0.25, 0.3) is 0 Å². The van der Waals surface area contributed by atoms with Gasteiger partial charge >= 0.3 is 6.03 Å². The number of pyridine rings is 1. The predicted octanol–water partition coefficient (Wildman–Crippen LogP) is 3.66. The number of nitrogens with zero attached hydrogens (tertiary/aromatic N) is 1. The van der Waals surface area contributed by atoms with Crippen LogP contribution in [0.4, 0.5) is 16.2 Å². The molecule has 2 rings (SSSR count). The molecule has 0 aliphatic heterocycles. The first-order chi connectivity index (χ1) is 12.0. The number of nitrogens with one attached hydrogen (secondary N) is 3. The summed E-state index contributed by atoms with van der Waals surface area (Å²) >= 11 is 9.33. The van der Waals surface area contributed by atoms with E-state index < -0.39 is 6.03 Å². The normalized spacial score (nSPS) is 10.0. The van der Waals surface area contributed by atoms with Crippen molar-refractivity contribution >= 4 is 50.8 Å². The lowest BCUT2D eigenvalue weighted by Gasteiger charge is -2.14. The van der Waals surface area contributed by atoms with Crippen LogP contribution >= 0.6 is 27.5 Å². The summed E-state index contributed by atoms with van der Waals surface area (Å²) in [6.07, 6.45) is 3.11. The minimum Gasteiger partial charge on any atom is -0.491 e. The largest absolute Gasteiger partial charge is 0.491 e. The summed E-state index contributed by atoms with van der Waals surface area (Å²) in [5.41, 5.74) is 0.943. The fourth-order valence-electron chi connectivity index (χ4n) is 1.91. The smallest absolute Gasteiger partial charge is 0.319 e. The maximum absolute atomic E-state index is 12.0. The molecule has 0 saturated carbocycles. The van der Waals surface area contributed by atoms with Gasteiger partial charge in [0, 0.05) is 11.2 Å². The van der Waals surface area contributed by atoms with Crippen molar-refractivity contribution in [1.29, 1.82) is 0 Å². The SMILES string of the molecule is CCOc1c(Br)cc(Cl)cc1NC(=O)NCC(=O)Nc1cccnc1.